The number of carbonyl (C=O) groups excluding carboxylic acids is 1. The zero-order chi connectivity index (χ0) is 14.7. The molecule has 1 aliphatic heterocycles. The van der Waals surface area contributed by atoms with Gasteiger partial charge in [-0.3, -0.25) is 4.79 Å². The van der Waals surface area contributed by atoms with Gasteiger partial charge in [0.1, 0.15) is 6.61 Å². The van der Waals surface area contributed by atoms with Crippen LogP contribution in [0.2, 0.25) is 0 Å². The molecule has 1 aromatic rings. The molecule has 1 amide bonds. The third-order valence-electron chi connectivity index (χ3n) is 4.24. The van der Waals surface area contributed by atoms with Crippen molar-refractivity contribution in [2.24, 2.45) is 0 Å². The smallest absolute Gasteiger partial charge is 0.237 e. The Bertz CT molecular complexity index is 558. The predicted molar refractivity (Wildman–Crippen MR) is 80.6 cm³/mol. The van der Waals surface area contributed by atoms with Crippen molar-refractivity contribution < 1.29 is 9.53 Å². The Morgan fingerprint density at radius 3 is 3.10 bits per heavy atom. The van der Waals surface area contributed by atoms with Crippen molar-refractivity contribution >= 4 is 5.91 Å². The fraction of sp³-hybridized carbons (Fsp3) is 0.471. The van der Waals surface area contributed by atoms with Crippen LogP contribution in [0.4, 0.5) is 0 Å². The van der Waals surface area contributed by atoms with E-state index in [0.717, 1.165) is 31.4 Å². The second kappa shape index (κ2) is 6.30. The van der Waals surface area contributed by atoms with Crippen molar-refractivity contribution in [2.45, 2.75) is 37.5 Å². The molecule has 0 bridgehead atoms. The molecule has 0 spiro atoms. The number of ether oxygens (including phenoxy) is 1. The summed E-state index contributed by atoms with van der Waals surface area (Å²) in [5, 5.41) is 6.37. The Morgan fingerprint density at radius 2 is 2.33 bits per heavy atom. The number of hydrogen-bond donors (Lipinski definition) is 2. The molecule has 21 heavy (non-hydrogen) atoms. The summed E-state index contributed by atoms with van der Waals surface area (Å²) < 4.78 is 5.74. The number of fused-ring (bicyclic) bond motifs is 1. The lowest BCUT2D eigenvalue weighted by Gasteiger charge is -2.23. The summed E-state index contributed by atoms with van der Waals surface area (Å²) in [5.74, 6) is 2.56. The number of amides is 1. The van der Waals surface area contributed by atoms with Crippen LogP contribution in [0.5, 0.6) is 0 Å². The maximum Gasteiger partial charge on any atom is 0.237 e. The molecule has 1 aliphatic carbocycles. The summed E-state index contributed by atoms with van der Waals surface area (Å²) in [6.07, 6.45) is 7.95. The second-order valence-corrected chi connectivity index (χ2v) is 5.59. The van der Waals surface area contributed by atoms with Crippen molar-refractivity contribution in [3.63, 3.8) is 0 Å². The zero-order valence-electron chi connectivity index (χ0n) is 12.0. The molecule has 4 nitrogen and oxygen atoms in total. The summed E-state index contributed by atoms with van der Waals surface area (Å²) in [5.41, 5.74) is 2.37. The van der Waals surface area contributed by atoms with Crippen LogP contribution in [0.25, 0.3) is 0 Å². The van der Waals surface area contributed by atoms with E-state index in [0.29, 0.717) is 0 Å². The Kier molecular flexibility index (Phi) is 4.23. The molecule has 0 saturated carbocycles. The third kappa shape index (κ3) is 2.94. The van der Waals surface area contributed by atoms with E-state index in [9.17, 15) is 4.79 Å². The van der Waals surface area contributed by atoms with Crippen LogP contribution in [0.1, 0.15) is 30.0 Å². The molecule has 2 aliphatic rings. The molecule has 1 unspecified atom stereocenters. The van der Waals surface area contributed by atoms with Gasteiger partial charge < -0.3 is 15.4 Å². The van der Waals surface area contributed by atoms with E-state index in [1.165, 1.54) is 5.56 Å². The molecular formula is C17H20N2O2. The zero-order valence-corrected chi connectivity index (χ0v) is 12.0. The molecule has 1 heterocycles. The normalized spacial score (nSPS) is 27.1. The minimum Gasteiger partial charge on any atom is -0.363 e. The maximum absolute atomic E-state index is 12.4. The highest BCUT2D eigenvalue weighted by atomic mass is 16.5. The van der Waals surface area contributed by atoms with Gasteiger partial charge in [0.05, 0.1) is 18.2 Å². The molecule has 110 valence electrons. The predicted octanol–water partition coefficient (Wildman–Crippen LogP) is 1.17. The fourth-order valence-corrected chi connectivity index (χ4v) is 3.20. The summed E-state index contributed by atoms with van der Waals surface area (Å²) in [6, 6.07) is 7.97. The number of benzene rings is 1. The van der Waals surface area contributed by atoms with Gasteiger partial charge in [-0.1, -0.05) is 30.2 Å². The molecule has 0 aromatic heterocycles. The first-order valence-corrected chi connectivity index (χ1v) is 7.46. The first-order valence-electron chi connectivity index (χ1n) is 7.46. The van der Waals surface area contributed by atoms with Crippen LogP contribution >= 0.6 is 0 Å². The summed E-state index contributed by atoms with van der Waals surface area (Å²) >= 11 is 0. The van der Waals surface area contributed by atoms with Gasteiger partial charge in [-0.05, 0) is 30.5 Å². The van der Waals surface area contributed by atoms with Crippen LogP contribution in [0, 0.1) is 12.3 Å². The van der Waals surface area contributed by atoms with Crippen molar-refractivity contribution in [1.29, 1.82) is 0 Å². The maximum atomic E-state index is 12.4. The molecule has 3 rings (SSSR count). The van der Waals surface area contributed by atoms with Gasteiger partial charge in [0.2, 0.25) is 5.91 Å². The van der Waals surface area contributed by atoms with Gasteiger partial charge in [0.25, 0.3) is 0 Å². The lowest BCUT2D eigenvalue weighted by atomic mass is 10.1. The van der Waals surface area contributed by atoms with Gasteiger partial charge in [-0.25, -0.2) is 0 Å². The van der Waals surface area contributed by atoms with Crippen LogP contribution in [0.15, 0.2) is 24.3 Å². The van der Waals surface area contributed by atoms with Crippen LogP contribution in [-0.2, 0) is 16.0 Å². The minimum atomic E-state index is -0.107. The molecule has 1 aromatic carbocycles. The number of terminal acetylenes is 1. The topological polar surface area (TPSA) is 50.4 Å². The number of carbonyl (C=O) groups is 1. The number of hydrogen-bond acceptors (Lipinski definition) is 3. The summed E-state index contributed by atoms with van der Waals surface area (Å²) in [4.78, 5) is 12.4. The SMILES string of the molecule is C#CCO[C@@H]1Cc2ccccc2[C@@H]1NC(=O)C1CCCN1. The van der Waals surface area contributed by atoms with Crippen LogP contribution < -0.4 is 10.6 Å². The van der Waals surface area contributed by atoms with Crippen molar-refractivity contribution in [1.82, 2.24) is 10.6 Å². The Balaban J connectivity index is 1.75. The fourth-order valence-electron chi connectivity index (χ4n) is 3.20. The molecule has 2 N–H and O–H groups in total. The highest BCUT2D eigenvalue weighted by molar-refractivity contribution is 5.82. The van der Waals surface area contributed by atoms with Gasteiger partial charge in [-0.2, -0.15) is 0 Å². The van der Waals surface area contributed by atoms with Crippen LogP contribution in [-0.4, -0.2) is 31.2 Å². The summed E-state index contributed by atoms with van der Waals surface area (Å²) in [7, 11) is 0. The molecular weight excluding hydrogens is 264 g/mol. The highest BCUT2D eigenvalue weighted by Crippen LogP contribution is 2.33. The molecule has 1 saturated heterocycles. The first kappa shape index (κ1) is 14.1. The van der Waals surface area contributed by atoms with E-state index in [1.807, 2.05) is 12.1 Å². The van der Waals surface area contributed by atoms with Crippen LogP contribution in [0.3, 0.4) is 0 Å². The van der Waals surface area contributed by atoms with Gasteiger partial charge in [0, 0.05) is 6.42 Å². The molecule has 4 heteroatoms. The van der Waals surface area contributed by atoms with Gasteiger partial charge in [0.15, 0.2) is 0 Å². The largest absolute Gasteiger partial charge is 0.363 e. The van der Waals surface area contributed by atoms with Crippen molar-refractivity contribution in [3.8, 4) is 12.3 Å². The summed E-state index contributed by atoms with van der Waals surface area (Å²) in [6.45, 7) is 1.18. The second-order valence-electron chi connectivity index (χ2n) is 5.59. The van der Waals surface area contributed by atoms with E-state index in [2.05, 4.69) is 28.7 Å². The first-order chi connectivity index (χ1) is 10.3. The van der Waals surface area contributed by atoms with Crippen molar-refractivity contribution in [3.05, 3.63) is 35.4 Å². The van der Waals surface area contributed by atoms with E-state index in [1.54, 1.807) is 0 Å². The molecule has 1 fully saturated rings. The number of nitrogens with one attached hydrogen (secondary N) is 2. The Morgan fingerprint density at radius 1 is 1.48 bits per heavy atom. The third-order valence-corrected chi connectivity index (χ3v) is 4.24. The Hall–Kier alpha value is -1.83. The quantitative estimate of drug-likeness (QED) is 0.816. The van der Waals surface area contributed by atoms with Crippen molar-refractivity contribution in [2.75, 3.05) is 13.2 Å². The molecule has 0 radical (unpaired) electrons. The average Bonchev–Trinajstić information content (AvgIpc) is 3.14. The van der Waals surface area contributed by atoms with E-state index < -0.39 is 0 Å². The lowest BCUT2D eigenvalue weighted by Crippen LogP contribution is -2.44. The average molecular weight is 284 g/mol. The minimum absolute atomic E-state index is 0.0588. The monoisotopic (exact) mass is 284 g/mol. The van der Waals surface area contributed by atoms with Gasteiger partial charge >= 0.3 is 0 Å². The van der Waals surface area contributed by atoms with Gasteiger partial charge in [-0.15, -0.1) is 6.42 Å². The van der Waals surface area contributed by atoms with E-state index in [-0.39, 0.29) is 30.7 Å². The lowest BCUT2D eigenvalue weighted by molar-refractivity contribution is -0.124. The van der Waals surface area contributed by atoms with E-state index >= 15 is 0 Å². The van der Waals surface area contributed by atoms with E-state index in [4.69, 9.17) is 11.2 Å². The standard InChI is InChI=1S/C17H20N2O2/c1-2-10-21-15-11-12-6-3-4-7-13(12)16(15)19-17(20)14-8-5-9-18-14/h1,3-4,6-7,14-16,18H,5,8-11H2,(H,19,20)/t14?,15-,16+/m1/s1. The number of rotatable bonds is 4. The highest BCUT2D eigenvalue weighted by Gasteiger charge is 2.35. The molecule has 3 atom stereocenters. The Labute approximate surface area is 125 Å².